The monoisotopic (exact) mass is 524 g/mol. The number of nitriles is 1. The van der Waals surface area contributed by atoms with Crippen LogP contribution in [0.1, 0.15) is 31.4 Å². The number of aromatic nitrogens is 1. The number of rotatable bonds is 10. The molecule has 0 spiro atoms. The highest BCUT2D eigenvalue weighted by Gasteiger charge is 2.33. The van der Waals surface area contributed by atoms with E-state index in [2.05, 4.69) is 10.3 Å². The number of hydrogen-bond donors (Lipinski definition) is 1. The van der Waals surface area contributed by atoms with Crippen LogP contribution in [0.25, 0.3) is 11.1 Å². The van der Waals surface area contributed by atoms with Gasteiger partial charge in [-0.05, 0) is 87.3 Å². The maximum Gasteiger partial charge on any atom is 0.253 e. The minimum absolute atomic E-state index is 0.214. The van der Waals surface area contributed by atoms with E-state index in [0.717, 1.165) is 16.0 Å². The van der Waals surface area contributed by atoms with Crippen molar-refractivity contribution < 1.29 is 14.3 Å². The first kappa shape index (κ1) is 27.2. The Labute approximate surface area is 220 Å². The largest absolute Gasteiger partial charge is 0.493 e. The average molecular weight is 525 g/mol. The van der Waals surface area contributed by atoms with Crippen molar-refractivity contribution in [2.75, 3.05) is 18.1 Å². The molecule has 0 unspecified atom stereocenters. The number of pyridine rings is 1. The van der Waals surface area contributed by atoms with E-state index in [-0.39, 0.29) is 10.6 Å². The van der Waals surface area contributed by atoms with Crippen molar-refractivity contribution >= 4 is 41.2 Å². The number of carbonyl (C=O) groups excluding carboxylic acids is 2. The Morgan fingerprint density at radius 2 is 1.92 bits per heavy atom. The summed E-state index contributed by atoms with van der Waals surface area (Å²) in [6, 6.07) is 14.3. The summed E-state index contributed by atoms with van der Waals surface area (Å²) < 4.78 is 5.81. The zero-order chi connectivity index (χ0) is 26.3. The zero-order valence-corrected chi connectivity index (χ0v) is 21.7. The molecule has 1 heterocycles. The Kier molecular flexibility index (Phi) is 9.05. The molecule has 0 saturated carbocycles. The van der Waals surface area contributed by atoms with Crippen LogP contribution in [0, 0.1) is 18.3 Å². The van der Waals surface area contributed by atoms with Crippen molar-refractivity contribution in [3.05, 3.63) is 76.0 Å². The van der Waals surface area contributed by atoms with Crippen LogP contribution in [0.5, 0.6) is 5.75 Å². The van der Waals surface area contributed by atoms with E-state index in [1.165, 1.54) is 6.07 Å². The summed E-state index contributed by atoms with van der Waals surface area (Å²) in [6.07, 6.45) is 4.50. The molecular weight excluding hydrogens is 499 g/mol. The third-order valence-electron chi connectivity index (χ3n) is 5.69. The molecule has 0 radical (unpaired) electrons. The quantitative estimate of drug-likeness (QED) is 0.275. The fraction of sp³-hybridized carbons (Fsp3) is 0.259. The van der Waals surface area contributed by atoms with Crippen molar-refractivity contribution in [2.24, 2.45) is 0 Å². The first-order chi connectivity index (χ1) is 17.2. The van der Waals surface area contributed by atoms with Gasteiger partial charge in [0.05, 0.1) is 33.4 Å². The molecule has 0 atom stereocenters. The van der Waals surface area contributed by atoms with E-state index < -0.39 is 11.4 Å². The van der Waals surface area contributed by atoms with Gasteiger partial charge >= 0.3 is 0 Å². The molecule has 2 amide bonds. The van der Waals surface area contributed by atoms with Crippen LogP contribution in [0.3, 0.4) is 0 Å². The van der Waals surface area contributed by atoms with Crippen molar-refractivity contribution in [3.63, 3.8) is 0 Å². The van der Waals surface area contributed by atoms with Crippen molar-refractivity contribution in [3.8, 4) is 22.9 Å². The zero-order valence-electron chi connectivity index (χ0n) is 20.2. The van der Waals surface area contributed by atoms with E-state index >= 15 is 0 Å². The molecular formula is C27H26Cl2N4O3. The molecule has 186 valence electrons. The van der Waals surface area contributed by atoms with Crippen molar-refractivity contribution in [1.82, 2.24) is 10.3 Å². The number of amides is 2. The summed E-state index contributed by atoms with van der Waals surface area (Å²) in [6.45, 7) is 5.94. The number of hydrogen-bond acceptors (Lipinski definition) is 6. The second-order valence-corrected chi connectivity index (χ2v) is 9.38. The third kappa shape index (κ3) is 6.21. The molecule has 36 heavy (non-hydrogen) atoms. The lowest BCUT2D eigenvalue weighted by Gasteiger charge is -2.30. The summed E-state index contributed by atoms with van der Waals surface area (Å²) >= 11 is 12.6. The van der Waals surface area contributed by atoms with Gasteiger partial charge in [0.1, 0.15) is 11.8 Å². The Morgan fingerprint density at radius 3 is 2.56 bits per heavy atom. The van der Waals surface area contributed by atoms with Gasteiger partial charge in [0.25, 0.3) is 5.91 Å². The topological polar surface area (TPSA) is 95.3 Å². The minimum Gasteiger partial charge on any atom is -0.493 e. The highest BCUT2D eigenvalue weighted by Crippen LogP contribution is 2.32. The predicted octanol–water partition coefficient (Wildman–Crippen LogP) is 5.56. The van der Waals surface area contributed by atoms with Crippen LogP contribution in [0.4, 0.5) is 5.69 Å². The van der Waals surface area contributed by atoms with Gasteiger partial charge in [0.2, 0.25) is 6.41 Å². The van der Waals surface area contributed by atoms with E-state index in [9.17, 15) is 9.59 Å². The summed E-state index contributed by atoms with van der Waals surface area (Å²) in [5, 5.41) is 13.1. The minimum atomic E-state index is -1.04. The number of nitrogens with zero attached hydrogens (tertiary/aromatic N) is 3. The van der Waals surface area contributed by atoms with E-state index in [0.29, 0.717) is 48.0 Å². The normalized spacial score (nSPS) is 11.0. The summed E-state index contributed by atoms with van der Waals surface area (Å²) in [4.78, 5) is 30.0. The van der Waals surface area contributed by atoms with E-state index in [1.807, 2.05) is 30.3 Å². The van der Waals surface area contributed by atoms with Crippen molar-refractivity contribution in [1.29, 1.82) is 5.26 Å². The molecule has 3 rings (SSSR count). The first-order valence-corrected chi connectivity index (χ1v) is 12.0. The smallest absolute Gasteiger partial charge is 0.253 e. The predicted molar refractivity (Wildman–Crippen MR) is 141 cm³/mol. The van der Waals surface area contributed by atoms with Crippen LogP contribution >= 0.6 is 23.2 Å². The second kappa shape index (κ2) is 12.0. The van der Waals surface area contributed by atoms with E-state index in [1.54, 1.807) is 45.3 Å². The summed E-state index contributed by atoms with van der Waals surface area (Å²) in [7, 11) is 0. The van der Waals surface area contributed by atoms with Gasteiger partial charge < -0.3 is 10.1 Å². The fourth-order valence-corrected chi connectivity index (χ4v) is 4.11. The molecule has 0 aliphatic rings. The number of carbonyl (C=O) groups is 2. The standard InChI is InChI=1S/C27H26Cl2N4O3/c1-18-24(8-5-20(16-30)25(18)29)33(17-34)26(35)27(2,3)32-11-4-14-36-21-6-7-22(23(28)15-21)19-9-12-31-13-10-19/h5-10,12-13,15,17,32H,4,11,14H2,1-3H3. The lowest BCUT2D eigenvalue weighted by molar-refractivity contribution is -0.126. The number of imide groups is 1. The van der Waals surface area contributed by atoms with Gasteiger partial charge in [-0.3, -0.25) is 19.5 Å². The van der Waals surface area contributed by atoms with Gasteiger partial charge in [0.15, 0.2) is 0 Å². The van der Waals surface area contributed by atoms with Crippen molar-refractivity contribution in [2.45, 2.75) is 32.7 Å². The molecule has 3 aromatic rings. The third-order valence-corrected chi connectivity index (χ3v) is 6.49. The molecule has 0 saturated heterocycles. The van der Waals surface area contributed by atoms with Crippen LogP contribution in [-0.2, 0) is 9.59 Å². The molecule has 1 aromatic heterocycles. The number of halogens is 2. The molecule has 2 aromatic carbocycles. The first-order valence-electron chi connectivity index (χ1n) is 11.3. The number of ether oxygens (including phenoxy) is 1. The maximum absolute atomic E-state index is 13.2. The van der Waals surface area contributed by atoms with E-state index in [4.69, 9.17) is 33.2 Å². The molecule has 0 bridgehead atoms. The van der Waals surface area contributed by atoms with Gasteiger partial charge in [-0.2, -0.15) is 5.26 Å². The molecule has 9 heteroatoms. The Hall–Kier alpha value is -3.44. The van der Waals surface area contributed by atoms with Crippen LogP contribution in [-0.4, -0.2) is 36.0 Å². The number of nitrogens with one attached hydrogen (secondary N) is 1. The van der Waals surface area contributed by atoms with Gasteiger partial charge in [-0.25, -0.2) is 0 Å². The Morgan fingerprint density at radius 1 is 1.19 bits per heavy atom. The highest BCUT2D eigenvalue weighted by atomic mass is 35.5. The molecule has 0 fully saturated rings. The number of benzene rings is 2. The van der Waals surface area contributed by atoms with Crippen LogP contribution < -0.4 is 15.0 Å². The summed E-state index contributed by atoms with van der Waals surface area (Å²) in [5.74, 6) is 0.203. The molecule has 1 N–H and O–H groups in total. The second-order valence-electron chi connectivity index (χ2n) is 8.59. The average Bonchev–Trinajstić information content (AvgIpc) is 2.87. The maximum atomic E-state index is 13.2. The summed E-state index contributed by atoms with van der Waals surface area (Å²) in [5.41, 5.74) is 1.93. The number of anilines is 1. The molecule has 7 nitrogen and oxygen atoms in total. The molecule has 0 aliphatic heterocycles. The van der Waals surface area contributed by atoms with Gasteiger partial charge in [0, 0.05) is 18.0 Å². The van der Waals surface area contributed by atoms with Crippen LogP contribution in [0.15, 0.2) is 54.9 Å². The van der Waals surface area contributed by atoms with Crippen LogP contribution in [0.2, 0.25) is 10.0 Å². The Balaban J connectivity index is 1.55. The molecule has 0 aliphatic carbocycles. The van der Waals surface area contributed by atoms with Gasteiger partial charge in [-0.15, -0.1) is 0 Å². The lowest BCUT2D eigenvalue weighted by Crippen LogP contribution is -2.54. The highest BCUT2D eigenvalue weighted by molar-refractivity contribution is 6.33. The lowest BCUT2D eigenvalue weighted by atomic mass is 10.0. The van der Waals surface area contributed by atoms with Gasteiger partial charge in [-0.1, -0.05) is 23.2 Å². The Bertz CT molecular complexity index is 1290. The fourth-order valence-electron chi connectivity index (χ4n) is 3.63. The SMILES string of the molecule is Cc1c(N(C=O)C(=O)C(C)(C)NCCCOc2ccc(-c3ccncc3)c(Cl)c2)ccc(C#N)c1Cl.